The van der Waals surface area contributed by atoms with Crippen LogP contribution in [0.5, 0.6) is 0 Å². The van der Waals surface area contributed by atoms with Crippen LogP contribution in [0.1, 0.15) is 51.0 Å². The summed E-state index contributed by atoms with van der Waals surface area (Å²) >= 11 is 0. The lowest BCUT2D eigenvalue weighted by molar-refractivity contribution is -0.128. The Balaban J connectivity index is 1.52. The lowest BCUT2D eigenvalue weighted by atomic mass is 9.90. The highest BCUT2D eigenvalue weighted by Gasteiger charge is 2.34. The first-order valence-corrected chi connectivity index (χ1v) is 8.68. The maximum atomic E-state index is 12.6. The van der Waals surface area contributed by atoms with Crippen molar-refractivity contribution in [3.8, 4) is 0 Å². The standard InChI is InChI=1S/C16H25N5O3/c1-24-16(23)20-9-3-2-4-14(20)15(22)19-12-5-7-13(8-6-12)21-11-17-10-18-21/h10-14H,2-9H2,1H3,(H,19,22). The molecule has 1 unspecified atom stereocenters. The number of carbonyl (C=O) groups excluding carboxylic acids is 2. The summed E-state index contributed by atoms with van der Waals surface area (Å²) in [5.74, 6) is -0.0516. The van der Waals surface area contributed by atoms with Gasteiger partial charge in [0.1, 0.15) is 18.7 Å². The lowest BCUT2D eigenvalue weighted by Crippen LogP contribution is -2.54. The van der Waals surface area contributed by atoms with Crippen LogP contribution in [0.4, 0.5) is 4.79 Å². The van der Waals surface area contributed by atoms with Crippen LogP contribution in [-0.2, 0) is 9.53 Å². The summed E-state index contributed by atoms with van der Waals surface area (Å²) in [5, 5.41) is 7.33. The molecule has 2 fully saturated rings. The molecule has 0 bridgehead atoms. The first-order chi connectivity index (χ1) is 11.7. The zero-order valence-corrected chi connectivity index (χ0v) is 14.1. The molecule has 1 aliphatic carbocycles. The fourth-order valence-corrected chi connectivity index (χ4v) is 3.73. The number of methoxy groups -OCH3 is 1. The smallest absolute Gasteiger partial charge is 0.410 e. The molecular formula is C16H25N5O3. The molecule has 1 saturated carbocycles. The summed E-state index contributed by atoms with van der Waals surface area (Å²) in [6, 6.07) is 0.125. The van der Waals surface area contributed by atoms with Crippen molar-refractivity contribution in [3.63, 3.8) is 0 Å². The van der Waals surface area contributed by atoms with Crippen molar-refractivity contribution in [1.82, 2.24) is 25.0 Å². The van der Waals surface area contributed by atoms with Gasteiger partial charge in [0, 0.05) is 12.6 Å². The van der Waals surface area contributed by atoms with Crippen LogP contribution in [-0.4, -0.2) is 57.4 Å². The molecule has 1 N–H and O–H groups in total. The van der Waals surface area contributed by atoms with Crippen LogP contribution in [0, 0.1) is 0 Å². The van der Waals surface area contributed by atoms with Crippen LogP contribution in [0.2, 0.25) is 0 Å². The summed E-state index contributed by atoms with van der Waals surface area (Å²) in [4.78, 5) is 30.0. The highest BCUT2D eigenvalue weighted by Crippen LogP contribution is 2.28. The number of nitrogens with one attached hydrogen (secondary N) is 1. The average Bonchev–Trinajstić information content (AvgIpc) is 3.16. The second kappa shape index (κ2) is 7.63. The van der Waals surface area contributed by atoms with Crippen LogP contribution in [0.3, 0.4) is 0 Å². The molecule has 0 aromatic carbocycles. The van der Waals surface area contributed by atoms with Crippen molar-refractivity contribution in [1.29, 1.82) is 0 Å². The third kappa shape index (κ3) is 3.68. The Morgan fingerprint density at radius 2 is 1.96 bits per heavy atom. The van der Waals surface area contributed by atoms with Crippen LogP contribution >= 0.6 is 0 Å². The van der Waals surface area contributed by atoms with Crippen LogP contribution in [0.15, 0.2) is 12.7 Å². The monoisotopic (exact) mass is 335 g/mol. The molecule has 8 heteroatoms. The van der Waals surface area contributed by atoms with Gasteiger partial charge in [0.2, 0.25) is 5.91 Å². The summed E-state index contributed by atoms with van der Waals surface area (Å²) in [6.45, 7) is 0.587. The first kappa shape index (κ1) is 16.7. The van der Waals surface area contributed by atoms with E-state index in [1.165, 1.54) is 7.11 Å². The van der Waals surface area contributed by atoms with Crippen molar-refractivity contribution in [2.24, 2.45) is 0 Å². The molecule has 1 aromatic heterocycles. The number of likely N-dealkylation sites (tertiary alicyclic amines) is 1. The normalized spacial score (nSPS) is 27.5. The molecule has 3 rings (SSSR count). The van der Waals surface area contributed by atoms with E-state index in [4.69, 9.17) is 4.74 Å². The predicted molar refractivity (Wildman–Crippen MR) is 86.2 cm³/mol. The van der Waals surface area contributed by atoms with Crippen molar-refractivity contribution < 1.29 is 14.3 Å². The molecular weight excluding hydrogens is 310 g/mol. The van der Waals surface area contributed by atoms with E-state index in [0.29, 0.717) is 19.0 Å². The molecule has 24 heavy (non-hydrogen) atoms. The SMILES string of the molecule is COC(=O)N1CCCCC1C(=O)NC1CCC(n2cncn2)CC1. The van der Waals surface area contributed by atoms with E-state index in [1.807, 2.05) is 4.68 Å². The minimum atomic E-state index is -0.412. The van der Waals surface area contributed by atoms with E-state index in [-0.39, 0.29) is 11.9 Å². The number of hydrogen-bond acceptors (Lipinski definition) is 5. The number of rotatable bonds is 3. The molecule has 2 aliphatic rings. The van der Waals surface area contributed by atoms with Crippen LogP contribution < -0.4 is 5.32 Å². The summed E-state index contributed by atoms with van der Waals surface area (Å²) in [7, 11) is 1.36. The Morgan fingerprint density at radius 1 is 1.17 bits per heavy atom. The number of amides is 2. The zero-order valence-electron chi connectivity index (χ0n) is 14.1. The van der Waals surface area contributed by atoms with Gasteiger partial charge < -0.3 is 10.1 Å². The van der Waals surface area contributed by atoms with Crippen molar-refractivity contribution in [2.75, 3.05) is 13.7 Å². The average molecular weight is 335 g/mol. The number of aromatic nitrogens is 3. The Kier molecular flexibility index (Phi) is 5.32. The minimum Gasteiger partial charge on any atom is -0.453 e. The van der Waals surface area contributed by atoms with Gasteiger partial charge in [-0.15, -0.1) is 0 Å². The molecule has 1 atom stereocenters. The number of carbonyl (C=O) groups is 2. The molecule has 0 radical (unpaired) electrons. The van der Waals surface area contributed by atoms with Gasteiger partial charge in [0.25, 0.3) is 0 Å². The van der Waals surface area contributed by atoms with E-state index in [0.717, 1.165) is 38.5 Å². The molecule has 2 amide bonds. The molecule has 1 aliphatic heterocycles. The predicted octanol–water partition coefficient (Wildman–Crippen LogP) is 1.50. The molecule has 2 heterocycles. The van der Waals surface area contributed by atoms with Gasteiger partial charge in [-0.1, -0.05) is 0 Å². The topological polar surface area (TPSA) is 89.4 Å². The molecule has 0 spiro atoms. The minimum absolute atomic E-state index is 0.0516. The van der Waals surface area contributed by atoms with Gasteiger partial charge >= 0.3 is 6.09 Å². The highest BCUT2D eigenvalue weighted by atomic mass is 16.5. The zero-order chi connectivity index (χ0) is 16.9. The Labute approximate surface area is 141 Å². The fourth-order valence-electron chi connectivity index (χ4n) is 3.73. The van der Waals surface area contributed by atoms with E-state index in [2.05, 4.69) is 15.4 Å². The van der Waals surface area contributed by atoms with E-state index >= 15 is 0 Å². The summed E-state index contributed by atoms with van der Waals surface area (Å²) < 4.78 is 6.71. The van der Waals surface area contributed by atoms with Crippen molar-refractivity contribution in [2.45, 2.75) is 63.1 Å². The Morgan fingerprint density at radius 3 is 2.62 bits per heavy atom. The van der Waals surface area contributed by atoms with Gasteiger partial charge in [-0.25, -0.2) is 14.5 Å². The van der Waals surface area contributed by atoms with Crippen molar-refractivity contribution in [3.05, 3.63) is 12.7 Å². The second-order valence-corrected chi connectivity index (χ2v) is 6.56. The number of nitrogens with zero attached hydrogens (tertiary/aromatic N) is 4. The Hall–Kier alpha value is -2.12. The second-order valence-electron chi connectivity index (χ2n) is 6.56. The number of hydrogen-bond donors (Lipinski definition) is 1. The maximum Gasteiger partial charge on any atom is 0.410 e. The van der Waals surface area contributed by atoms with E-state index in [9.17, 15) is 9.59 Å². The van der Waals surface area contributed by atoms with Gasteiger partial charge in [-0.2, -0.15) is 5.10 Å². The molecule has 1 aromatic rings. The van der Waals surface area contributed by atoms with Gasteiger partial charge in [0.15, 0.2) is 0 Å². The molecule has 132 valence electrons. The van der Waals surface area contributed by atoms with E-state index < -0.39 is 12.1 Å². The van der Waals surface area contributed by atoms with Gasteiger partial charge in [0.05, 0.1) is 13.2 Å². The van der Waals surface area contributed by atoms with Crippen molar-refractivity contribution >= 4 is 12.0 Å². The van der Waals surface area contributed by atoms with Crippen LogP contribution in [0.25, 0.3) is 0 Å². The molecule has 8 nitrogen and oxygen atoms in total. The quantitative estimate of drug-likeness (QED) is 0.904. The third-order valence-electron chi connectivity index (χ3n) is 5.07. The Bertz CT molecular complexity index is 554. The number of piperidine rings is 1. The largest absolute Gasteiger partial charge is 0.453 e. The lowest BCUT2D eigenvalue weighted by Gasteiger charge is -2.35. The van der Waals surface area contributed by atoms with Gasteiger partial charge in [-0.05, 0) is 44.9 Å². The maximum absolute atomic E-state index is 12.6. The highest BCUT2D eigenvalue weighted by molar-refractivity contribution is 5.86. The summed E-state index contributed by atoms with van der Waals surface area (Å²) in [5.41, 5.74) is 0. The third-order valence-corrected chi connectivity index (χ3v) is 5.07. The first-order valence-electron chi connectivity index (χ1n) is 8.68. The summed E-state index contributed by atoms with van der Waals surface area (Å²) in [6.07, 6.45) is 9.26. The fraction of sp³-hybridized carbons (Fsp3) is 0.750. The number of ether oxygens (including phenoxy) is 1. The van der Waals surface area contributed by atoms with Gasteiger partial charge in [-0.3, -0.25) is 9.69 Å². The van der Waals surface area contributed by atoms with E-state index in [1.54, 1.807) is 17.6 Å². The molecule has 1 saturated heterocycles.